The number of nitrogens with two attached hydrogens (primary N) is 1. The van der Waals surface area contributed by atoms with Crippen LogP contribution < -0.4 is 5.73 Å². The molecule has 1 aliphatic heterocycles. The van der Waals surface area contributed by atoms with Gasteiger partial charge in [-0.2, -0.15) is 0 Å². The number of nitrogens with zero attached hydrogens (tertiary/aromatic N) is 3. The lowest BCUT2D eigenvalue weighted by Gasteiger charge is -2.29. The van der Waals surface area contributed by atoms with Crippen LogP contribution in [0, 0.1) is 11.6 Å². The third-order valence-corrected chi connectivity index (χ3v) is 5.38. The van der Waals surface area contributed by atoms with Crippen LogP contribution in [0.25, 0.3) is 11.1 Å². The first-order chi connectivity index (χ1) is 14.6. The Morgan fingerprint density at radius 2 is 1.57 bits per heavy atom. The number of fused-ring (bicyclic) bond motifs is 1. The Balaban J connectivity index is 1.81. The van der Waals surface area contributed by atoms with E-state index >= 15 is 0 Å². The van der Waals surface area contributed by atoms with E-state index in [-0.39, 0.29) is 5.56 Å². The van der Waals surface area contributed by atoms with Crippen LogP contribution in [0.1, 0.15) is 22.3 Å². The van der Waals surface area contributed by atoms with Gasteiger partial charge in [-0.1, -0.05) is 30.3 Å². The molecule has 2 N–H and O–H groups in total. The molecule has 2 aromatic carbocycles. The largest absolute Gasteiger partial charge is 0.383 e. The second kappa shape index (κ2) is 6.84. The first-order valence-corrected chi connectivity index (χ1v) is 9.36. The van der Waals surface area contributed by atoms with Crippen LogP contribution in [0.15, 0.2) is 90.4 Å². The number of hydrogen-bond acceptors (Lipinski definition) is 4. The first-order valence-electron chi connectivity index (χ1n) is 9.36. The fourth-order valence-corrected chi connectivity index (χ4v) is 4.05. The van der Waals surface area contributed by atoms with Crippen LogP contribution in [0.2, 0.25) is 0 Å². The average molecular weight is 398 g/mol. The molecule has 0 radical (unpaired) electrons. The molecule has 1 unspecified atom stereocenters. The minimum absolute atomic E-state index is 0.242. The van der Waals surface area contributed by atoms with E-state index in [9.17, 15) is 8.78 Å². The van der Waals surface area contributed by atoms with Gasteiger partial charge in [-0.05, 0) is 47.0 Å². The molecule has 0 saturated heterocycles. The average Bonchev–Trinajstić information content (AvgIpc) is 3.08. The molecule has 5 rings (SSSR count). The van der Waals surface area contributed by atoms with E-state index in [1.807, 2.05) is 36.4 Å². The van der Waals surface area contributed by atoms with Crippen LogP contribution in [0.5, 0.6) is 0 Å². The van der Waals surface area contributed by atoms with Gasteiger partial charge in [-0.3, -0.25) is 9.97 Å². The summed E-state index contributed by atoms with van der Waals surface area (Å²) in [4.78, 5) is 12.8. The lowest BCUT2D eigenvalue weighted by atomic mass is 9.77. The summed E-state index contributed by atoms with van der Waals surface area (Å²) < 4.78 is 28.5. The van der Waals surface area contributed by atoms with Crippen LogP contribution in [0.4, 0.5) is 8.78 Å². The number of aromatic nitrogens is 2. The van der Waals surface area contributed by atoms with Gasteiger partial charge in [0.2, 0.25) is 0 Å². The maximum Gasteiger partial charge on any atom is 0.142 e. The summed E-state index contributed by atoms with van der Waals surface area (Å²) in [5.74, 6) is -0.602. The quantitative estimate of drug-likeness (QED) is 0.555. The highest BCUT2D eigenvalue weighted by Gasteiger charge is 2.43. The summed E-state index contributed by atoms with van der Waals surface area (Å²) in [7, 11) is 0. The lowest BCUT2D eigenvalue weighted by Crippen LogP contribution is -2.25. The molecule has 4 nitrogen and oxygen atoms in total. The van der Waals surface area contributed by atoms with Crippen molar-refractivity contribution in [3.63, 3.8) is 0 Å². The lowest BCUT2D eigenvalue weighted by molar-refractivity contribution is 0.617. The SMILES string of the molecule is NC1=NC(c2ccncc2)(c2ccc(F)c(-c3cncc(F)c3)c2)c2ccccc21. The fraction of sp³-hybridized carbons (Fsp3) is 0.0417. The zero-order valence-electron chi connectivity index (χ0n) is 15.8. The summed E-state index contributed by atoms with van der Waals surface area (Å²) in [5.41, 5.74) is 9.20. The maximum atomic E-state index is 14.8. The summed E-state index contributed by atoms with van der Waals surface area (Å²) in [6, 6.07) is 17.4. The fourth-order valence-electron chi connectivity index (χ4n) is 4.05. The van der Waals surface area contributed by atoms with Gasteiger partial charge in [0.1, 0.15) is 23.0 Å². The Labute approximate surface area is 171 Å². The molecule has 0 spiro atoms. The third-order valence-electron chi connectivity index (χ3n) is 5.38. The standard InChI is InChI=1S/C24H16F2N4/c25-18-11-15(13-29-14-18)20-12-17(5-6-22(20)26)24(16-7-9-28-10-8-16)21-4-2-1-3-19(21)23(27)30-24/h1-14H,(H2,27,30). The highest BCUT2D eigenvalue weighted by atomic mass is 19.1. The zero-order valence-corrected chi connectivity index (χ0v) is 15.8. The molecule has 0 amide bonds. The number of pyridine rings is 2. The number of hydrogen-bond donors (Lipinski definition) is 1. The molecule has 6 heteroatoms. The van der Waals surface area contributed by atoms with Gasteiger partial charge in [0, 0.05) is 35.3 Å². The van der Waals surface area contributed by atoms with Gasteiger partial charge in [0.15, 0.2) is 0 Å². The van der Waals surface area contributed by atoms with E-state index in [1.54, 1.807) is 24.5 Å². The Bertz CT molecular complexity index is 1290. The van der Waals surface area contributed by atoms with Crippen molar-refractivity contribution in [1.29, 1.82) is 0 Å². The predicted molar refractivity (Wildman–Crippen MR) is 111 cm³/mol. The van der Waals surface area contributed by atoms with Crippen molar-refractivity contribution in [2.24, 2.45) is 10.7 Å². The topological polar surface area (TPSA) is 64.2 Å². The van der Waals surface area contributed by atoms with Crippen LogP contribution >= 0.6 is 0 Å². The smallest absolute Gasteiger partial charge is 0.142 e. The van der Waals surface area contributed by atoms with Gasteiger partial charge >= 0.3 is 0 Å². The summed E-state index contributed by atoms with van der Waals surface area (Å²) in [6.45, 7) is 0. The number of halogens is 2. The molecule has 146 valence electrons. The number of amidine groups is 1. The van der Waals surface area contributed by atoms with E-state index in [0.29, 0.717) is 17.0 Å². The second-order valence-corrected chi connectivity index (χ2v) is 7.08. The minimum Gasteiger partial charge on any atom is -0.383 e. The van der Waals surface area contributed by atoms with E-state index < -0.39 is 17.2 Å². The van der Waals surface area contributed by atoms with E-state index in [4.69, 9.17) is 10.7 Å². The predicted octanol–water partition coefficient (Wildman–Crippen LogP) is 4.43. The van der Waals surface area contributed by atoms with E-state index in [2.05, 4.69) is 9.97 Å². The Morgan fingerprint density at radius 3 is 2.37 bits per heavy atom. The number of benzene rings is 2. The summed E-state index contributed by atoms with van der Waals surface area (Å²) in [6.07, 6.45) is 5.89. The normalized spacial score (nSPS) is 17.5. The van der Waals surface area contributed by atoms with Crippen molar-refractivity contribution < 1.29 is 8.78 Å². The highest BCUT2D eigenvalue weighted by molar-refractivity contribution is 6.03. The van der Waals surface area contributed by atoms with Crippen molar-refractivity contribution in [1.82, 2.24) is 9.97 Å². The maximum absolute atomic E-state index is 14.8. The molecule has 0 bridgehead atoms. The summed E-state index contributed by atoms with van der Waals surface area (Å²) >= 11 is 0. The molecule has 1 aliphatic rings. The number of aliphatic imine (C=N–C) groups is 1. The molecular formula is C24H16F2N4. The molecule has 0 aliphatic carbocycles. The van der Waals surface area contributed by atoms with E-state index in [1.165, 1.54) is 18.3 Å². The Kier molecular flexibility index (Phi) is 4.13. The van der Waals surface area contributed by atoms with Gasteiger partial charge in [0.25, 0.3) is 0 Å². The van der Waals surface area contributed by atoms with Crippen molar-refractivity contribution >= 4 is 5.84 Å². The third kappa shape index (κ3) is 2.69. The Hall–Kier alpha value is -3.93. The number of rotatable bonds is 3. The molecule has 4 aromatic rings. The molecule has 0 saturated carbocycles. The van der Waals surface area contributed by atoms with Gasteiger partial charge in [-0.25, -0.2) is 13.8 Å². The Morgan fingerprint density at radius 1 is 0.767 bits per heavy atom. The molecule has 1 atom stereocenters. The van der Waals surface area contributed by atoms with Gasteiger partial charge in [-0.15, -0.1) is 0 Å². The van der Waals surface area contributed by atoms with Crippen LogP contribution in [0.3, 0.4) is 0 Å². The van der Waals surface area contributed by atoms with Crippen molar-refractivity contribution in [3.8, 4) is 11.1 Å². The monoisotopic (exact) mass is 398 g/mol. The van der Waals surface area contributed by atoms with E-state index in [0.717, 1.165) is 22.9 Å². The van der Waals surface area contributed by atoms with Crippen molar-refractivity contribution in [2.75, 3.05) is 0 Å². The van der Waals surface area contributed by atoms with Gasteiger partial charge < -0.3 is 5.73 Å². The van der Waals surface area contributed by atoms with Gasteiger partial charge in [0.05, 0.1) is 6.20 Å². The molecule has 0 fully saturated rings. The highest BCUT2D eigenvalue weighted by Crippen LogP contribution is 2.46. The molecule has 2 aromatic heterocycles. The van der Waals surface area contributed by atoms with Crippen molar-refractivity contribution in [3.05, 3.63) is 119 Å². The molecule has 3 heterocycles. The minimum atomic E-state index is -0.965. The summed E-state index contributed by atoms with van der Waals surface area (Å²) in [5, 5.41) is 0. The van der Waals surface area contributed by atoms with Crippen LogP contribution in [-0.4, -0.2) is 15.8 Å². The van der Waals surface area contributed by atoms with Crippen LogP contribution in [-0.2, 0) is 5.54 Å². The molecule has 30 heavy (non-hydrogen) atoms. The molecular weight excluding hydrogens is 382 g/mol. The second-order valence-electron chi connectivity index (χ2n) is 7.08. The first kappa shape index (κ1) is 18.1. The van der Waals surface area contributed by atoms with Crippen molar-refractivity contribution in [2.45, 2.75) is 5.54 Å². The zero-order chi connectivity index (χ0) is 20.7.